The van der Waals surface area contributed by atoms with E-state index in [1.165, 1.54) is 0 Å². The third-order valence-electron chi connectivity index (χ3n) is 4.54. The molecule has 0 N–H and O–H groups in total. The van der Waals surface area contributed by atoms with Gasteiger partial charge in [0.25, 0.3) is 0 Å². The van der Waals surface area contributed by atoms with Crippen LogP contribution in [0.25, 0.3) is 0 Å². The molecule has 23 heavy (non-hydrogen) atoms. The van der Waals surface area contributed by atoms with Gasteiger partial charge >= 0.3 is 0 Å². The van der Waals surface area contributed by atoms with E-state index in [9.17, 15) is 4.79 Å². The van der Waals surface area contributed by atoms with Crippen molar-refractivity contribution in [3.05, 3.63) is 47.3 Å². The standard InChI is InChI=1S/C17H18Cl2N2O2/c1-11-14(12(2)23-20-11)9-21(13-7-5-4-6-8-13)15(22)16(3)10-17(16,18)19/h4-8H,9-10H2,1-3H3. The Morgan fingerprint density at radius 2 is 1.91 bits per heavy atom. The normalized spacial score (nSPS) is 22.0. The van der Waals surface area contributed by atoms with Crippen LogP contribution in [0.5, 0.6) is 0 Å². The lowest BCUT2D eigenvalue weighted by Crippen LogP contribution is -2.38. The Morgan fingerprint density at radius 1 is 1.30 bits per heavy atom. The highest BCUT2D eigenvalue weighted by molar-refractivity contribution is 6.53. The molecule has 1 heterocycles. The molecule has 122 valence electrons. The maximum atomic E-state index is 13.1. The van der Waals surface area contributed by atoms with Crippen LogP contribution in [-0.4, -0.2) is 15.4 Å². The van der Waals surface area contributed by atoms with Gasteiger partial charge in [-0.05, 0) is 39.3 Å². The summed E-state index contributed by atoms with van der Waals surface area (Å²) >= 11 is 12.4. The summed E-state index contributed by atoms with van der Waals surface area (Å²) in [5.41, 5.74) is 1.71. The van der Waals surface area contributed by atoms with Gasteiger partial charge in [-0.15, -0.1) is 23.2 Å². The van der Waals surface area contributed by atoms with E-state index in [-0.39, 0.29) is 5.91 Å². The molecule has 1 aromatic heterocycles. The molecule has 2 aromatic rings. The Bertz CT molecular complexity index is 723. The lowest BCUT2D eigenvalue weighted by molar-refractivity contribution is -0.123. The van der Waals surface area contributed by atoms with E-state index in [2.05, 4.69) is 5.16 Å². The zero-order valence-corrected chi connectivity index (χ0v) is 14.8. The summed E-state index contributed by atoms with van der Waals surface area (Å²) < 4.78 is 4.21. The van der Waals surface area contributed by atoms with Crippen LogP contribution in [-0.2, 0) is 11.3 Å². The van der Waals surface area contributed by atoms with E-state index in [4.69, 9.17) is 27.7 Å². The molecule has 1 amide bonds. The minimum Gasteiger partial charge on any atom is -0.361 e. The minimum atomic E-state index is -1.00. The van der Waals surface area contributed by atoms with Crippen LogP contribution < -0.4 is 4.90 Å². The molecule has 4 nitrogen and oxygen atoms in total. The number of carbonyl (C=O) groups is 1. The van der Waals surface area contributed by atoms with E-state index in [1.54, 1.807) is 11.8 Å². The maximum Gasteiger partial charge on any atom is 0.236 e. The van der Waals surface area contributed by atoms with E-state index in [0.29, 0.717) is 18.7 Å². The van der Waals surface area contributed by atoms with Crippen molar-refractivity contribution >= 4 is 34.8 Å². The van der Waals surface area contributed by atoms with Gasteiger partial charge in [-0.2, -0.15) is 0 Å². The summed E-state index contributed by atoms with van der Waals surface area (Å²) in [7, 11) is 0. The fraction of sp³-hybridized carbons (Fsp3) is 0.412. The van der Waals surface area contributed by atoms with Gasteiger partial charge in [-0.1, -0.05) is 23.4 Å². The first-order valence-electron chi connectivity index (χ1n) is 7.43. The molecule has 6 heteroatoms. The Morgan fingerprint density at radius 3 is 2.39 bits per heavy atom. The van der Waals surface area contributed by atoms with Crippen molar-refractivity contribution in [1.82, 2.24) is 5.16 Å². The van der Waals surface area contributed by atoms with Crippen molar-refractivity contribution in [3.8, 4) is 0 Å². The lowest BCUT2D eigenvalue weighted by atomic mass is 10.1. The summed E-state index contributed by atoms with van der Waals surface area (Å²) in [6.07, 6.45) is 0.451. The molecule has 1 aliphatic rings. The molecule has 1 aliphatic carbocycles. The van der Waals surface area contributed by atoms with Crippen molar-refractivity contribution in [2.24, 2.45) is 5.41 Å². The van der Waals surface area contributed by atoms with Gasteiger partial charge < -0.3 is 9.42 Å². The van der Waals surface area contributed by atoms with Gasteiger partial charge in [0.1, 0.15) is 10.1 Å². The Labute approximate surface area is 145 Å². The van der Waals surface area contributed by atoms with Gasteiger partial charge in [0.05, 0.1) is 17.7 Å². The largest absolute Gasteiger partial charge is 0.361 e. The van der Waals surface area contributed by atoms with Gasteiger partial charge in [-0.3, -0.25) is 4.79 Å². The summed E-state index contributed by atoms with van der Waals surface area (Å²) in [6.45, 7) is 5.89. The molecule has 0 radical (unpaired) electrons. The molecule has 1 fully saturated rings. The van der Waals surface area contributed by atoms with Crippen LogP contribution in [0.2, 0.25) is 0 Å². The SMILES string of the molecule is Cc1noc(C)c1CN(C(=O)C1(C)CC1(Cl)Cl)c1ccccc1. The van der Waals surface area contributed by atoms with Crippen molar-refractivity contribution in [2.75, 3.05) is 4.90 Å². The monoisotopic (exact) mass is 352 g/mol. The number of aromatic nitrogens is 1. The quantitative estimate of drug-likeness (QED) is 0.765. The van der Waals surface area contributed by atoms with E-state index >= 15 is 0 Å². The summed E-state index contributed by atoms with van der Waals surface area (Å²) in [6, 6.07) is 9.49. The molecule has 1 atom stereocenters. The highest BCUT2D eigenvalue weighted by Gasteiger charge is 2.68. The molecular weight excluding hydrogens is 335 g/mol. The predicted octanol–water partition coefficient (Wildman–Crippen LogP) is 4.41. The molecule has 1 aromatic carbocycles. The van der Waals surface area contributed by atoms with Crippen molar-refractivity contribution in [1.29, 1.82) is 0 Å². The lowest BCUT2D eigenvalue weighted by Gasteiger charge is -2.26. The summed E-state index contributed by atoms with van der Waals surface area (Å²) in [4.78, 5) is 14.8. The van der Waals surface area contributed by atoms with Gasteiger partial charge in [0, 0.05) is 11.3 Å². The van der Waals surface area contributed by atoms with Crippen LogP contribution >= 0.6 is 23.2 Å². The number of alkyl halides is 2. The first-order valence-corrected chi connectivity index (χ1v) is 8.18. The number of rotatable bonds is 4. The second-order valence-electron chi connectivity index (χ2n) is 6.24. The number of benzene rings is 1. The topological polar surface area (TPSA) is 46.3 Å². The van der Waals surface area contributed by atoms with Crippen LogP contribution in [0.15, 0.2) is 34.9 Å². The van der Waals surface area contributed by atoms with E-state index < -0.39 is 9.75 Å². The van der Waals surface area contributed by atoms with Crippen LogP contribution in [0, 0.1) is 19.3 Å². The van der Waals surface area contributed by atoms with Crippen LogP contribution in [0.1, 0.15) is 30.4 Å². The van der Waals surface area contributed by atoms with E-state index in [1.807, 2.05) is 44.2 Å². The zero-order chi connectivity index (χ0) is 16.8. The number of para-hydroxylation sites is 1. The maximum absolute atomic E-state index is 13.1. The Balaban J connectivity index is 1.97. The molecule has 1 unspecified atom stereocenters. The second kappa shape index (κ2) is 5.53. The summed E-state index contributed by atoms with van der Waals surface area (Å²) in [5.74, 6) is 0.619. The molecule has 0 saturated heterocycles. The number of aryl methyl sites for hydroxylation is 2. The number of carbonyl (C=O) groups excluding carboxylic acids is 1. The Hall–Kier alpha value is -1.52. The molecule has 0 spiro atoms. The highest BCUT2D eigenvalue weighted by atomic mass is 35.5. The molecular formula is C17H18Cl2N2O2. The average molecular weight is 353 g/mol. The smallest absolute Gasteiger partial charge is 0.236 e. The predicted molar refractivity (Wildman–Crippen MR) is 90.8 cm³/mol. The van der Waals surface area contributed by atoms with Gasteiger partial charge in [-0.25, -0.2) is 0 Å². The number of hydrogen-bond donors (Lipinski definition) is 0. The third-order valence-corrected chi connectivity index (χ3v) is 5.64. The molecule has 1 saturated carbocycles. The number of amides is 1. The molecule has 3 rings (SSSR count). The first kappa shape index (κ1) is 16.3. The van der Waals surface area contributed by atoms with Gasteiger partial charge in [0.15, 0.2) is 0 Å². The number of nitrogens with zero attached hydrogens (tertiary/aromatic N) is 2. The van der Waals surface area contributed by atoms with Crippen LogP contribution in [0.4, 0.5) is 5.69 Å². The fourth-order valence-corrected chi connectivity index (χ4v) is 3.40. The first-order chi connectivity index (χ1) is 10.8. The average Bonchev–Trinajstić information content (AvgIpc) is 2.89. The number of anilines is 1. The fourth-order valence-electron chi connectivity index (χ4n) is 2.70. The molecule has 0 bridgehead atoms. The second-order valence-corrected chi connectivity index (χ2v) is 7.73. The Kier molecular flexibility index (Phi) is 3.93. The van der Waals surface area contributed by atoms with Gasteiger partial charge in [0.2, 0.25) is 5.91 Å². The zero-order valence-electron chi connectivity index (χ0n) is 13.3. The molecule has 0 aliphatic heterocycles. The number of halogens is 2. The van der Waals surface area contributed by atoms with Crippen molar-refractivity contribution < 1.29 is 9.32 Å². The third kappa shape index (κ3) is 2.74. The van der Waals surface area contributed by atoms with Crippen molar-refractivity contribution in [3.63, 3.8) is 0 Å². The van der Waals surface area contributed by atoms with E-state index in [0.717, 1.165) is 16.9 Å². The minimum absolute atomic E-state index is 0.0892. The summed E-state index contributed by atoms with van der Waals surface area (Å²) in [5, 5.41) is 3.96. The highest BCUT2D eigenvalue weighted by Crippen LogP contribution is 2.64. The van der Waals surface area contributed by atoms with Crippen molar-refractivity contribution in [2.45, 2.75) is 38.1 Å². The van der Waals surface area contributed by atoms with Crippen LogP contribution in [0.3, 0.4) is 0 Å². The number of hydrogen-bond acceptors (Lipinski definition) is 3.